The summed E-state index contributed by atoms with van der Waals surface area (Å²) in [6, 6.07) is 0. The lowest BCUT2D eigenvalue weighted by Crippen LogP contribution is -2.44. The fraction of sp³-hybridized carbons (Fsp3) is 0.667. The molecule has 0 spiro atoms. The zero-order valence-corrected chi connectivity index (χ0v) is 14.3. The molecule has 1 saturated heterocycles. The minimum absolute atomic E-state index is 0.100. The second-order valence-corrected chi connectivity index (χ2v) is 7.06. The molecule has 0 aromatic carbocycles. The number of nitrogens with zero attached hydrogens (tertiary/aromatic N) is 4. The third-order valence-corrected chi connectivity index (χ3v) is 4.99. The van der Waals surface area contributed by atoms with Crippen molar-refractivity contribution in [2.75, 3.05) is 5.73 Å². The highest BCUT2D eigenvalue weighted by molar-refractivity contribution is 5.72. The van der Waals surface area contributed by atoms with Crippen LogP contribution in [0.2, 0.25) is 0 Å². The number of hydrogen-bond donors (Lipinski definition) is 3. The first kappa shape index (κ1) is 19.1. The molecule has 2 fully saturated rings. The molecule has 1 saturated carbocycles. The molecule has 5 atom stereocenters. The molecule has 1 aliphatic carbocycles. The van der Waals surface area contributed by atoms with E-state index in [1.54, 1.807) is 0 Å². The van der Waals surface area contributed by atoms with Gasteiger partial charge in [0.1, 0.15) is 17.7 Å². The summed E-state index contributed by atoms with van der Waals surface area (Å²) >= 11 is 0. The number of halogens is 4. The van der Waals surface area contributed by atoms with E-state index in [1.807, 2.05) is 0 Å². The lowest BCUT2D eigenvalue weighted by atomic mass is 10.1. The van der Waals surface area contributed by atoms with Crippen LogP contribution in [0.5, 0.6) is 0 Å². The molecule has 4 rings (SSSR count). The van der Waals surface area contributed by atoms with Crippen LogP contribution in [0.4, 0.5) is 23.5 Å². The van der Waals surface area contributed by atoms with E-state index in [2.05, 4.69) is 9.97 Å². The normalized spacial score (nSPS) is 29.5. The van der Waals surface area contributed by atoms with Crippen LogP contribution in [0.25, 0.3) is 11.2 Å². The number of aromatic nitrogens is 4. The van der Waals surface area contributed by atoms with Crippen molar-refractivity contribution in [2.24, 2.45) is 5.92 Å². The summed E-state index contributed by atoms with van der Waals surface area (Å²) in [5.41, 5.74) is 4.93. The molecule has 2 aromatic rings. The Morgan fingerprint density at radius 3 is 2.68 bits per heavy atom. The fourth-order valence-electron chi connectivity index (χ4n) is 3.35. The predicted molar refractivity (Wildman–Crippen MR) is 85.8 cm³/mol. The van der Waals surface area contributed by atoms with Crippen molar-refractivity contribution < 1.29 is 32.5 Å². The maximum absolute atomic E-state index is 14.3. The first-order valence-corrected chi connectivity index (χ1v) is 8.55. The van der Waals surface area contributed by atoms with Gasteiger partial charge in [0.2, 0.25) is 5.95 Å². The maximum Gasteiger partial charge on any atom is 0.417 e. The van der Waals surface area contributed by atoms with E-state index in [0.29, 0.717) is 6.54 Å². The molecule has 154 valence electrons. The number of fused-ring (bicyclic) bond motifs is 1. The van der Waals surface area contributed by atoms with Gasteiger partial charge in [-0.25, -0.2) is 18.7 Å². The minimum atomic E-state index is -5.17. The minimum Gasteiger partial charge on any atom is -0.385 e. The van der Waals surface area contributed by atoms with Gasteiger partial charge in [-0.1, -0.05) is 0 Å². The number of nitrogen functional groups attached to an aromatic ring is 1. The summed E-state index contributed by atoms with van der Waals surface area (Å²) in [6.45, 7) is 0.312. The molecule has 0 radical (unpaired) electrons. The van der Waals surface area contributed by atoms with E-state index >= 15 is 0 Å². The van der Waals surface area contributed by atoms with E-state index in [-0.39, 0.29) is 23.0 Å². The number of nitrogens with two attached hydrogens (primary N) is 1. The van der Waals surface area contributed by atoms with Crippen LogP contribution < -0.4 is 11.4 Å². The predicted octanol–water partition coefficient (Wildman–Crippen LogP) is 0.105. The van der Waals surface area contributed by atoms with Crippen LogP contribution in [-0.4, -0.2) is 60.0 Å². The highest BCUT2D eigenvalue weighted by atomic mass is 19.4. The third kappa shape index (κ3) is 3.02. The van der Waals surface area contributed by atoms with Gasteiger partial charge in [-0.2, -0.15) is 18.2 Å². The first-order valence-electron chi connectivity index (χ1n) is 8.55. The SMILES string of the molecule is Nc1ncc2c(n1)n([C@@H]1O[C@H]([C@@H](O)C(F)(F)F)[C@H](F)[C@H]1O)c(=O)n2CC1CC1. The molecule has 2 aromatic heterocycles. The molecule has 0 amide bonds. The summed E-state index contributed by atoms with van der Waals surface area (Å²) in [7, 11) is 0. The van der Waals surface area contributed by atoms with Gasteiger partial charge in [0.15, 0.2) is 24.2 Å². The summed E-state index contributed by atoms with van der Waals surface area (Å²) in [5, 5.41) is 19.5. The highest BCUT2D eigenvalue weighted by Crippen LogP contribution is 2.38. The lowest BCUT2D eigenvalue weighted by molar-refractivity contribution is -0.241. The summed E-state index contributed by atoms with van der Waals surface area (Å²) in [4.78, 5) is 20.6. The Labute approximate surface area is 154 Å². The van der Waals surface area contributed by atoms with Crippen LogP contribution >= 0.6 is 0 Å². The van der Waals surface area contributed by atoms with E-state index in [9.17, 15) is 32.6 Å². The fourth-order valence-corrected chi connectivity index (χ4v) is 3.35. The van der Waals surface area contributed by atoms with Crippen LogP contribution in [0.15, 0.2) is 11.0 Å². The van der Waals surface area contributed by atoms with Crippen LogP contribution in [0.1, 0.15) is 19.1 Å². The van der Waals surface area contributed by atoms with Gasteiger partial charge in [-0.15, -0.1) is 0 Å². The standard InChI is InChI=1S/C15H17F4N5O4/c16-7-8(25)12(28-9(7)10(26)15(17,18)19)24-11-6(3-21-13(20)22-11)23(14(24)27)4-5-1-2-5/h3,5,7-10,12,25-26H,1-2,4H2,(H2,20,21,22)/t7-,8-,9+,10-,12-/m1/s1. The van der Waals surface area contributed by atoms with Crippen molar-refractivity contribution in [3.8, 4) is 0 Å². The van der Waals surface area contributed by atoms with E-state index in [0.717, 1.165) is 17.4 Å². The average molecular weight is 407 g/mol. The van der Waals surface area contributed by atoms with Crippen molar-refractivity contribution in [1.29, 1.82) is 0 Å². The Hall–Kier alpha value is -2.25. The zero-order chi connectivity index (χ0) is 20.4. The lowest BCUT2D eigenvalue weighted by Gasteiger charge is -2.22. The summed E-state index contributed by atoms with van der Waals surface area (Å²) < 4.78 is 59.7. The molecular weight excluding hydrogens is 390 g/mol. The smallest absolute Gasteiger partial charge is 0.385 e. The van der Waals surface area contributed by atoms with Crippen molar-refractivity contribution in [3.05, 3.63) is 16.7 Å². The van der Waals surface area contributed by atoms with E-state index in [1.165, 1.54) is 10.8 Å². The van der Waals surface area contributed by atoms with Gasteiger partial charge in [0.25, 0.3) is 0 Å². The van der Waals surface area contributed by atoms with Crippen LogP contribution in [0.3, 0.4) is 0 Å². The summed E-state index contributed by atoms with van der Waals surface area (Å²) in [6.07, 6.45) is -14.2. The maximum atomic E-state index is 14.3. The van der Waals surface area contributed by atoms with E-state index in [4.69, 9.17) is 10.5 Å². The summed E-state index contributed by atoms with van der Waals surface area (Å²) in [5.74, 6) is 0.0263. The number of alkyl halides is 4. The van der Waals surface area contributed by atoms with Gasteiger partial charge >= 0.3 is 11.9 Å². The van der Waals surface area contributed by atoms with Gasteiger partial charge in [-0.3, -0.25) is 4.57 Å². The van der Waals surface area contributed by atoms with Crippen molar-refractivity contribution in [2.45, 2.75) is 56.3 Å². The van der Waals surface area contributed by atoms with Crippen LogP contribution in [0, 0.1) is 5.92 Å². The number of rotatable bonds is 4. The molecule has 28 heavy (non-hydrogen) atoms. The van der Waals surface area contributed by atoms with Gasteiger partial charge in [-0.05, 0) is 18.8 Å². The average Bonchev–Trinajstić information content (AvgIpc) is 3.34. The third-order valence-electron chi connectivity index (χ3n) is 4.99. The molecule has 4 N–H and O–H groups in total. The monoisotopic (exact) mass is 407 g/mol. The van der Waals surface area contributed by atoms with Gasteiger partial charge in [0, 0.05) is 6.54 Å². The van der Waals surface area contributed by atoms with Crippen molar-refractivity contribution in [3.63, 3.8) is 0 Å². The Bertz CT molecular complexity index is 956. The van der Waals surface area contributed by atoms with Gasteiger partial charge < -0.3 is 20.7 Å². The van der Waals surface area contributed by atoms with E-state index < -0.39 is 42.6 Å². The Morgan fingerprint density at radius 1 is 1.39 bits per heavy atom. The molecule has 3 heterocycles. The molecule has 9 nitrogen and oxygen atoms in total. The molecule has 13 heteroatoms. The number of imidazole rings is 1. The molecule has 2 aliphatic rings. The van der Waals surface area contributed by atoms with Crippen molar-refractivity contribution in [1.82, 2.24) is 19.1 Å². The number of aliphatic hydroxyl groups is 2. The van der Waals surface area contributed by atoms with Gasteiger partial charge in [0.05, 0.1) is 6.20 Å². The quantitative estimate of drug-likeness (QED) is 0.614. The number of ether oxygens (including phenoxy) is 1. The molecule has 0 bridgehead atoms. The highest BCUT2D eigenvalue weighted by Gasteiger charge is 2.56. The number of hydrogen-bond acceptors (Lipinski definition) is 7. The number of anilines is 1. The second kappa shape index (κ2) is 6.39. The molecular formula is C15H17F4N5O4. The molecule has 0 unspecified atom stereocenters. The Morgan fingerprint density at radius 2 is 2.07 bits per heavy atom. The second-order valence-electron chi connectivity index (χ2n) is 7.06. The molecule has 1 aliphatic heterocycles. The van der Waals surface area contributed by atoms with Crippen LogP contribution in [-0.2, 0) is 11.3 Å². The van der Waals surface area contributed by atoms with Crippen molar-refractivity contribution >= 4 is 17.1 Å². The number of aliphatic hydroxyl groups excluding tert-OH is 2. The largest absolute Gasteiger partial charge is 0.417 e. The zero-order valence-electron chi connectivity index (χ0n) is 14.3. The topological polar surface area (TPSA) is 128 Å². The first-order chi connectivity index (χ1) is 13.1. The Kier molecular flexibility index (Phi) is 4.35. The Balaban J connectivity index is 1.79.